The molecule has 1 aliphatic heterocycles. The third kappa shape index (κ3) is 3.19. The van der Waals surface area contributed by atoms with Crippen molar-refractivity contribution >= 4 is 21.8 Å². The summed E-state index contributed by atoms with van der Waals surface area (Å²) in [4.78, 5) is 12.2. The number of halogens is 1. The van der Waals surface area contributed by atoms with Gasteiger partial charge in [0, 0.05) is 24.1 Å². The first kappa shape index (κ1) is 14.1. The van der Waals surface area contributed by atoms with Crippen LogP contribution in [0.15, 0.2) is 18.2 Å². The van der Waals surface area contributed by atoms with Crippen LogP contribution in [0, 0.1) is 0 Å². The Labute approximate surface area is 119 Å². The van der Waals surface area contributed by atoms with Gasteiger partial charge in [-0.15, -0.1) is 0 Å². The van der Waals surface area contributed by atoms with E-state index in [0.29, 0.717) is 24.1 Å². The topological polar surface area (TPSA) is 78.8 Å². The Bertz CT molecular complexity index is 472. The number of carbonyl (C=O) groups is 1. The van der Waals surface area contributed by atoms with Crippen molar-refractivity contribution < 1.29 is 19.7 Å². The highest BCUT2D eigenvalue weighted by Gasteiger charge is 2.33. The number of carbonyl (C=O) groups excluding carboxylic acids is 1. The molecular formula is C13H16BrNO4. The van der Waals surface area contributed by atoms with Gasteiger partial charge in [0.2, 0.25) is 0 Å². The van der Waals surface area contributed by atoms with Crippen LogP contribution in [-0.4, -0.2) is 40.2 Å². The van der Waals surface area contributed by atoms with Crippen molar-refractivity contribution in [2.75, 3.05) is 18.5 Å². The fourth-order valence-electron chi connectivity index (χ4n) is 2.03. The van der Waals surface area contributed by atoms with E-state index in [4.69, 9.17) is 4.74 Å². The number of hydrogen-bond acceptors (Lipinski definition) is 4. The van der Waals surface area contributed by atoms with Crippen LogP contribution in [0.1, 0.15) is 23.2 Å². The number of nitrogens with one attached hydrogen (secondary N) is 1. The van der Waals surface area contributed by atoms with E-state index in [2.05, 4.69) is 21.2 Å². The second-order valence-electron chi connectivity index (χ2n) is 4.68. The van der Waals surface area contributed by atoms with Gasteiger partial charge >= 0.3 is 0 Å². The van der Waals surface area contributed by atoms with Gasteiger partial charge in [0.1, 0.15) is 0 Å². The Morgan fingerprint density at radius 1 is 1.32 bits per heavy atom. The Morgan fingerprint density at radius 2 is 2.00 bits per heavy atom. The van der Waals surface area contributed by atoms with E-state index >= 15 is 0 Å². The summed E-state index contributed by atoms with van der Waals surface area (Å²) in [6.07, 6.45) is 1.49. The van der Waals surface area contributed by atoms with Gasteiger partial charge in [-0.25, -0.2) is 0 Å². The molecule has 0 radical (unpaired) electrons. The number of phenols is 2. The maximum Gasteiger partial charge on any atom is 0.251 e. The van der Waals surface area contributed by atoms with E-state index in [0.717, 1.165) is 12.8 Å². The second kappa shape index (κ2) is 5.79. The lowest BCUT2D eigenvalue weighted by Gasteiger charge is -2.36. The molecule has 0 saturated carbocycles. The molecule has 0 aromatic heterocycles. The first-order valence-corrected chi connectivity index (χ1v) is 7.17. The zero-order chi connectivity index (χ0) is 13.9. The molecule has 2 rings (SSSR count). The highest BCUT2D eigenvalue weighted by molar-refractivity contribution is 9.09. The maximum absolute atomic E-state index is 12.2. The maximum atomic E-state index is 12.2. The Hall–Kier alpha value is -1.27. The number of ether oxygens (including phenoxy) is 1. The molecule has 3 N–H and O–H groups in total. The first-order chi connectivity index (χ1) is 9.06. The van der Waals surface area contributed by atoms with Gasteiger partial charge < -0.3 is 20.3 Å². The Kier molecular flexibility index (Phi) is 4.31. The van der Waals surface area contributed by atoms with Gasteiger partial charge in [0.15, 0.2) is 11.5 Å². The second-order valence-corrected chi connectivity index (χ2v) is 5.24. The lowest BCUT2D eigenvalue weighted by molar-refractivity contribution is 0.0442. The molecule has 0 atom stereocenters. The molecule has 0 unspecified atom stereocenters. The molecule has 1 aromatic carbocycles. The molecular weight excluding hydrogens is 314 g/mol. The van der Waals surface area contributed by atoms with E-state index in [1.807, 2.05) is 0 Å². The molecule has 19 heavy (non-hydrogen) atoms. The SMILES string of the molecule is O=C(NC1(CBr)CCOCC1)c1ccc(O)c(O)c1. The molecule has 0 bridgehead atoms. The fourth-order valence-corrected chi connectivity index (χ4v) is 2.73. The van der Waals surface area contributed by atoms with Crippen LogP contribution in [0.2, 0.25) is 0 Å². The number of aromatic hydroxyl groups is 2. The summed E-state index contributed by atoms with van der Waals surface area (Å²) in [5, 5.41) is 22.3. The standard InChI is InChI=1S/C13H16BrNO4/c14-8-13(3-5-19-6-4-13)15-12(18)9-1-2-10(16)11(17)7-9/h1-2,7,16-17H,3-6,8H2,(H,15,18). The van der Waals surface area contributed by atoms with Crippen LogP contribution < -0.4 is 5.32 Å². The molecule has 104 valence electrons. The molecule has 1 fully saturated rings. The molecule has 1 saturated heterocycles. The third-order valence-electron chi connectivity index (χ3n) is 3.32. The molecule has 1 heterocycles. The molecule has 5 nitrogen and oxygen atoms in total. The first-order valence-electron chi connectivity index (χ1n) is 6.04. The number of hydrogen-bond donors (Lipinski definition) is 3. The summed E-state index contributed by atoms with van der Waals surface area (Å²) in [6, 6.07) is 4.03. The van der Waals surface area contributed by atoms with Gasteiger partial charge in [-0.1, -0.05) is 15.9 Å². The number of benzene rings is 1. The van der Waals surface area contributed by atoms with Crippen molar-refractivity contribution in [2.45, 2.75) is 18.4 Å². The summed E-state index contributed by atoms with van der Waals surface area (Å²) < 4.78 is 5.30. The number of rotatable bonds is 3. The van der Waals surface area contributed by atoms with Gasteiger partial charge in [0.25, 0.3) is 5.91 Å². The third-order valence-corrected chi connectivity index (χ3v) is 4.40. The van der Waals surface area contributed by atoms with Gasteiger partial charge in [0.05, 0.1) is 5.54 Å². The molecule has 1 aromatic rings. The number of amides is 1. The van der Waals surface area contributed by atoms with Gasteiger partial charge in [-0.05, 0) is 31.0 Å². The zero-order valence-corrected chi connectivity index (χ0v) is 11.9. The van der Waals surface area contributed by atoms with Crippen molar-refractivity contribution in [3.63, 3.8) is 0 Å². The summed E-state index contributed by atoms with van der Waals surface area (Å²) in [7, 11) is 0. The normalized spacial score (nSPS) is 17.9. The molecule has 6 heteroatoms. The van der Waals surface area contributed by atoms with Crippen LogP contribution in [0.25, 0.3) is 0 Å². The van der Waals surface area contributed by atoms with Crippen LogP contribution in [-0.2, 0) is 4.74 Å². The van der Waals surface area contributed by atoms with Crippen molar-refractivity contribution in [3.05, 3.63) is 23.8 Å². The van der Waals surface area contributed by atoms with Crippen LogP contribution >= 0.6 is 15.9 Å². The van der Waals surface area contributed by atoms with Crippen molar-refractivity contribution in [1.82, 2.24) is 5.32 Å². The lowest BCUT2D eigenvalue weighted by Crippen LogP contribution is -2.53. The Morgan fingerprint density at radius 3 is 2.58 bits per heavy atom. The fraction of sp³-hybridized carbons (Fsp3) is 0.462. The monoisotopic (exact) mass is 329 g/mol. The van der Waals surface area contributed by atoms with Gasteiger partial charge in [-0.3, -0.25) is 4.79 Å². The lowest BCUT2D eigenvalue weighted by atomic mass is 9.92. The van der Waals surface area contributed by atoms with E-state index in [1.165, 1.54) is 18.2 Å². The minimum absolute atomic E-state index is 0.238. The van der Waals surface area contributed by atoms with Crippen molar-refractivity contribution in [1.29, 1.82) is 0 Å². The zero-order valence-electron chi connectivity index (χ0n) is 10.4. The van der Waals surface area contributed by atoms with Crippen LogP contribution in [0.4, 0.5) is 0 Å². The average Bonchev–Trinajstić information content (AvgIpc) is 2.43. The minimum Gasteiger partial charge on any atom is -0.504 e. The van der Waals surface area contributed by atoms with E-state index in [1.54, 1.807) is 0 Å². The predicted molar refractivity (Wildman–Crippen MR) is 73.8 cm³/mol. The summed E-state index contributed by atoms with van der Waals surface area (Å²) in [5.74, 6) is -0.804. The highest BCUT2D eigenvalue weighted by atomic mass is 79.9. The summed E-state index contributed by atoms with van der Waals surface area (Å²) in [6.45, 7) is 1.24. The van der Waals surface area contributed by atoms with E-state index in [-0.39, 0.29) is 22.9 Å². The summed E-state index contributed by atoms with van der Waals surface area (Å²) >= 11 is 3.44. The Balaban J connectivity index is 2.12. The average molecular weight is 330 g/mol. The molecule has 1 aliphatic rings. The summed E-state index contributed by atoms with van der Waals surface area (Å²) in [5.41, 5.74) is 0.00478. The van der Waals surface area contributed by atoms with Crippen molar-refractivity contribution in [2.24, 2.45) is 0 Å². The smallest absolute Gasteiger partial charge is 0.251 e. The van der Waals surface area contributed by atoms with Crippen molar-refractivity contribution in [3.8, 4) is 11.5 Å². The quantitative estimate of drug-likeness (QED) is 0.583. The van der Waals surface area contributed by atoms with E-state index in [9.17, 15) is 15.0 Å². The minimum atomic E-state index is -0.317. The largest absolute Gasteiger partial charge is 0.504 e. The van der Waals surface area contributed by atoms with Gasteiger partial charge in [-0.2, -0.15) is 0 Å². The van der Waals surface area contributed by atoms with Crippen LogP contribution in [0.3, 0.4) is 0 Å². The van der Waals surface area contributed by atoms with Crippen LogP contribution in [0.5, 0.6) is 11.5 Å². The predicted octanol–water partition coefficient (Wildman–Crippen LogP) is 1.77. The highest BCUT2D eigenvalue weighted by Crippen LogP contribution is 2.27. The molecule has 0 spiro atoms. The molecule has 1 amide bonds. The molecule has 0 aliphatic carbocycles. The van der Waals surface area contributed by atoms with E-state index < -0.39 is 0 Å². The number of phenolic OH excluding ortho intramolecular Hbond substituents is 2. The number of alkyl halides is 1.